The molecule has 4 unspecified atom stereocenters. The van der Waals surface area contributed by atoms with Gasteiger partial charge < -0.3 is 31.1 Å². The van der Waals surface area contributed by atoms with E-state index in [1.807, 2.05) is 67.6 Å². The summed E-state index contributed by atoms with van der Waals surface area (Å²) in [6.45, 7) is 7.81. The van der Waals surface area contributed by atoms with Gasteiger partial charge in [0, 0.05) is 13.1 Å². The Labute approximate surface area is 248 Å². The second-order valence-electron chi connectivity index (χ2n) is 10.5. The highest BCUT2D eigenvalue weighted by molar-refractivity contribution is 5.96. The van der Waals surface area contributed by atoms with E-state index in [9.17, 15) is 24.3 Å². The second kappa shape index (κ2) is 19.5. The number of hydrogen-bond acceptors (Lipinski definition) is 8. The van der Waals surface area contributed by atoms with Crippen LogP contribution >= 0.6 is 0 Å². The fourth-order valence-corrected chi connectivity index (χ4v) is 4.55. The van der Waals surface area contributed by atoms with Gasteiger partial charge in [0.2, 0.25) is 5.91 Å². The van der Waals surface area contributed by atoms with E-state index in [1.165, 1.54) is 5.56 Å². The maximum absolute atomic E-state index is 12.1. The van der Waals surface area contributed by atoms with Crippen LogP contribution in [0, 0.1) is 23.7 Å². The van der Waals surface area contributed by atoms with Crippen molar-refractivity contribution >= 4 is 23.8 Å². The van der Waals surface area contributed by atoms with Crippen molar-refractivity contribution in [3.63, 3.8) is 0 Å². The summed E-state index contributed by atoms with van der Waals surface area (Å²) in [4.78, 5) is 46.1. The molecule has 42 heavy (non-hydrogen) atoms. The Kier molecular flexibility index (Phi) is 16.9. The average Bonchev–Trinajstić information content (AvgIpc) is 3.24. The van der Waals surface area contributed by atoms with Gasteiger partial charge in [-0.1, -0.05) is 88.4 Å². The lowest BCUT2D eigenvalue weighted by molar-refractivity contribution is -0.153. The van der Waals surface area contributed by atoms with Crippen LogP contribution in [0.2, 0.25) is 0 Å². The van der Waals surface area contributed by atoms with E-state index in [4.69, 9.17) is 15.9 Å². The number of hydrogen-bond donors (Lipinski definition) is 5. The second-order valence-corrected chi connectivity index (χ2v) is 10.5. The minimum atomic E-state index is -0.987. The number of carbonyl (C=O) groups is 4. The summed E-state index contributed by atoms with van der Waals surface area (Å²) in [5.41, 5.74) is 7.04. The van der Waals surface area contributed by atoms with E-state index >= 15 is 0 Å². The topological polar surface area (TPSA) is 176 Å². The zero-order chi connectivity index (χ0) is 31.7. The van der Waals surface area contributed by atoms with Crippen LogP contribution in [-0.2, 0) is 23.9 Å². The van der Waals surface area contributed by atoms with Gasteiger partial charge in [-0.25, -0.2) is 0 Å². The van der Waals surface area contributed by atoms with E-state index in [0.717, 1.165) is 5.56 Å². The highest BCUT2D eigenvalue weighted by atomic mass is 16.6. The van der Waals surface area contributed by atoms with Crippen LogP contribution in [0.4, 0.5) is 0 Å². The number of aliphatic hydroxyl groups is 2. The van der Waals surface area contributed by atoms with Gasteiger partial charge in [0.05, 0.1) is 36.9 Å². The van der Waals surface area contributed by atoms with Crippen molar-refractivity contribution in [3.05, 3.63) is 71.8 Å². The quantitative estimate of drug-likeness (QED) is 0.185. The fraction of sp³-hybridized carbons (Fsp3) is 0.500. The molecule has 0 bridgehead atoms. The lowest BCUT2D eigenvalue weighted by atomic mass is 9.82. The summed E-state index contributed by atoms with van der Waals surface area (Å²) in [7, 11) is 0. The number of rotatable bonds is 12. The number of nitrogens with one attached hydrogen (secondary N) is 1. The van der Waals surface area contributed by atoms with E-state index in [1.54, 1.807) is 13.8 Å². The molecule has 3 rings (SSSR count). The molecule has 0 spiro atoms. The van der Waals surface area contributed by atoms with Crippen molar-refractivity contribution < 1.29 is 39.2 Å². The van der Waals surface area contributed by atoms with Crippen LogP contribution in [0.25, 0.3) is 0 Å². The molecule has 1 amide bonds. The lowest BCUT2D eigenvalue weighted by Crippen LogP contribution is -2.38. The van der Waals surface area contributed by atoms with Crippen LogP contribution in [-0.4, -0.2) is 65.4 Å². The largest absolute Gasteiger partial charge is 0.481 e. The van der Waals surface area contributed by atoms with E-state index in [0.29, 0.717) is 19.4 Å². The summed E-state index contributed by atoms with van der Waals surface area (Å²) in [6.07, 6.45) is 1.12. The van der Waals surface area contributed by atoms with E-state index in [2.05, 4.69) is 17.0 Å². The number of cyclic esters (lactones) is 2. The zero-order valence-corrected chi connectivity index (χ0v) is 24.9. The number of esters is 2. The molecule has 1 fully saturated rings. The molecular formula is C32H46N2O8. The van der Waals surface area contributed by atoms with E-state index in [-0.39, 0.29) is 61.3 Å². The SMILES string of the molecule is CC(CC(C(=O)NCCO)[C@@H](C)C(=O)O)c1ccccc1.CC(CC1C(=O)OC(=O)[C@@H]1C)c1ccccc1.NCCO. The molecule has 0 aromatic heterocycles. The number of amides is 1. The zero-order valence-electron chi connectivity index (χ0n) is 24.9. The molecule has 232 valence electrons. The molecule has 1 saturated heterocycles. The number of aliphatic hydroxyl groups excluding tert-OH is 2. The first-order valence-corrected chi connectivity index (χ1v) is 14.3. The molecule has 0 aliphatic carbocycles. The Morgan fingerprint density at radius 3 is 1.79 bits per heavy atom. The minimum absolute atomic E-state index is 0.0814. The number of benzene rings is 2. The molecule has 10 nitrogen and oxygen atoms in total. The van der Waals surface area contributed by atoms with Crippen molar-refractivity contribution in [1.29, 1.82) is 0 Å². The summed E-state index contributed by atoms with van der Waals surface area (Å²) >= 11 is 0. The summed E-state index contributed by atoms with van der Waals surface area (Å²) < 4.78 is 4.64. The van der Waals surface area contributed by atoms with Gasteiger partial charge in [-0.2, -0.15) is 0 Å². The lowest BCUT2D eigenvalue weighted by Gasteiger charge is -2.23. The van der Waals surface area contributed by atoms with Gasteiger partial charge in [0.25, 0.3) is 0 Å². The molecule has 1 heterocycles. The monoisotopic (exact) mass is 586 g/mol. The molecule has 6 N–H and O–H groups in total. The van der Waals surface area contributed by atoms with Gasteiger partial charge >= 0.3 is 17.9 Å². The standard InChI is InChI=1S/C16H23NO4.C14H16O3.C2H7NO/c1-11(13-6-4-3-5-7-13)10-14(12(2)16(20)21)15(19)17-8-9-18;1-9(11-6-4-3-5-7-11)8-12-10(2)13(15)17-14(12)16;3-1-2-4/h3-7,11-12,14,18H,8-10H2,1-2H3,(H,17,19)(H,20,21);3-7,9-10,12H,8H2,1-2H3;4H,1-3H2/t11?,12-,14?;9?,10-,12?;/m11./s1. The third-order valence-corrected chi connectivity index (χ3v) is 7.30. The Hall–Kier alpha value is -3.60. The molecule has 1 aliphatic rings. The molecule has 10 heteroatoms. The maximum atomic E-state index is 12.1. The van der Waals surface area contributed by atoms with Crippen molar-refractivity contribution in [3.8, 4) is 0 Å². The number of carboxylic acid groups (broad SMARTS) is 1. The van der Waals surface area contributed by atoms with Crippen molar-refractivity contribution in [2.75, 3.05) is 26.3 Å². The van der Waals surface area contributed by atoms with Gasteiger partial charge in [0.1, 0.15) is 0 Å². The van der Waals surface area contributed by atoms with Crippen molar-refractivity contribution in [2.24, 2.45) is 29.4 Å². The number of aliphatic carboxylic acids is 1. The first-order chi connectivity index (χ1) is 20.0. The number of ether oxygens (including phenoxy) is 1. The van der Waals surface area contributed by atoms with Crippen molar-refractivity contribution in [2.45, 2.75) is 52.4 Å². The highest BCUT2D eigenvalue weighted by Crippen LogP contribution is 2.33. The minimum Gasteiger partial charge on any atom is -0.481 e. The molecule has 0 radical (unpaired) electrons. The summed E-state index contributed by atoms with van der Waals surface area (Å²) in [5, 5.41) is 28.3. The molecule has 6 atom stereocenters. The smallest absolute Gasteiger partial charge is 0.317 e. The van der Waals surface area contributed by atoms with Gasteiger partial charge in [-0.3, -0.25) is 19.2 Å². The van der Waals surface area contributed by atoms with E-state index < -0.39 is 17.8 Å². The molecular weight excluding hydrogens is 540 g/mol. The fourth-order valence-electron chi connectivity index (χ4n) is 4.55. The van der Waals surface area contributed by atoms with Gasteiger partial charge in [-0.05, 0) is 35.8 Å². The number of nitrogens with two attached hydrogens (primary N) is 1. The van der Waals surface area contributed by atoms with Gasteiger partial charge in [0.15, 0.2) is 0 Å². The Bertz CT molecular complexity index is 1090. The van der Waals surface area contributed by atoms with Crippen molar-refractivity contribution in [1.82, 2.24) is 5.32 Å². The number of carbonyl (C=O) groups excluding carboxylic acids is 3. The third kappa shape index (κ3) is 12.1. The molecule has 0 saturated carbocycles. The maximum Gasteiger partial charge on any atom is 0.317 e. The predicted molar refractivity (Wildman–Crippen MR) is 159 cm³/mol. The normalized spacial score (nSPS) is 18.6. The predicted octanol–water partition coefficient (Wildman–Crippen LogP) is 3.08. The molecule has 2 aromatic carbocycles. The van der Waals surface area contributed by atoms with Crippen LogP contribution in [0.15, 0.2) is 60.7 Å². The summed E-state index contributed by atoms with van der Waals surface area (Å²) in [5.74, 6) is -3.72. The molecule has 1 aliphatic heterocycles. The van der Waals surface area contributed by atoms with Crippen LogP contribution in [0.5, 0.6) is 0 Å². The first-order valence-electron chi connectivity index (χ1n) is 14.3. The average molecular weight is 587 g/mol. The summed E-state index contributed by atoms with van der Waals surface area (Å²) in [6, 6.07) is 19.7. The van der Waals surface area contributed by atoms with Crippen LogP contribution < -0.4 is 11.1 Å². The Balaban J connectivity index is 0.000000378. The van der Waals surface area contributed by atoms with Crippen LogP contribution in [0.1, 0.15) is 63.5 Å². The molecule has 2 aromatic rings. The first kappa shape index (κ1) is 36.4. The van der Waals surface area contributed by atoms with Crippen LogP contribution in [0.3, 0.4) is 0 Å². The van der Waals surface area contributed by atoms with Gasteiger partial charge in [-0.15, -0.1) is 0 Å². The number of carboxylic acids is 1. The Morgan fingerprint density at radius 2 is 1.38 bits per heavy atom. The third-order valence-electron chi connectivity index (χ3n) is 7.30. The Morgan fingerprint density at radius 1 is 0.881 bits per heavy atom. The highest BCUT2D eigenvalue weighted by Gasteiger charge is 2.41.